The van der Waals surface area contributed by atoms with Crippen molar-refractivity contribution in [3.63, 3.8) is 0 Å². The van der Waals surface area contributed by atoms with Crippen LogP contribution in [0.5, 0.6) is 0 Å². The number of pyridine rings is 1. The van der Waals surface area contributed by atoms with Crippen LogP contribution in [0.1, 0.15) is 19.9 Å². The van der Waals surface area contributed by atoms with Crippen LogP contribution in [-0.2, 0) is 0 Å². The Morgan fingerprint density at radius 2 is 2.00 bits per heavy atom. The molecule has 24 heavy (non-hydrogen) atoms. The summed E-state index contributed by atoms with van der Waals surface area (Å²) >= 11 is 2.91. The van der Waals surface area contributed by atoms with Gasteiger partial charge in [0.05, 0.1) is 10.9 Å². The Morgan fingerprint density at radius 1 is 1.25 bits per heavy atom. The number of thioether (sulfide) groups is 1. The molecule has 4 aromatic rings. The number of H-pyrrole nitrogens is 1. The molecule has 0 bridgehead atoms. The normalized spacial score (nSPS) is 11.8. The molecule has 0 saturated heterocycles. The SMILES string of the molecule is CSc1ccc(-c2c3cnn(C(C)C)c3nc3[nH]c(=O)sc23)cc1. The van der Waals surface area contributed by atoms with E-state index in [1.165, 1.54) is 16.2 Å². The molecule has 0 unspecified atom stereocenters. The highest BCUT2D eigenvalue weighted by Crippen LogP contribution is 2.36. The van der Waals surface area contributed by atoms with Gasteiger partial charge in [-0.3, -0.25) is 9.78 Å². The molecule has 0 saturated carbocycles. The molecule has 1 aromatic carbocycles. The van der Waals surface area contributed by atoms with Crippen molar-refractivity contribution in [3.8, 4) is 11.1 Å². The van der Waals surface area contributed by atoms with Crippen LogP contribution in [0.15, 0.2) is 40.2 Å². The summed E-state index contributed by atoms with van der Waals surface area (Å²) in [5.41, 5.74) is 3.53. The van der Waals surface area contributed by atoms with Crippen LogP contribution in [0.3, 0.4) is 0 Å². The van der Waals surface area contributed by atoms with E-state index in [2.05, 4.69) is 59.4 Å². The van der Waals surface area contributed by atoms with Gasteiger partial charge in [-0.15, -0.1) is 11.8 Å². The monoisotopic (exact) mass is 356 g/mol. The molecule has 0 spiro atoms. The van der Waals surface area contributed by atoms with Gasteiger partial charge in [-0.2, -0.15) is 5.10 Å². The zero-order chi connectivity index (χ0) is 16.8. The molecule has 0 radical (unpaired) electrons. The highest BCUT2D eigenvalue weighted by atomic mass is 32.2. The van der Waals surface area contributed by atoms with Gasteiger partial charge in [-0.25, -0.2) is 9.67 Å². The molecular formula is C17H16N4OS2. The first-order valence-electron chi connectivity index (χ1n) is 7.63. The lowest BCUT2D eigenvalue weighted by molar-refractivity contribution is 0.547. The zero-order valence-corrected chi connectivity index (χ0v) is 15.2. The maximum Gasteiger partial charge on any atom is 0.306 e. The summed E-state index contributed by atoms with van der Waals surface area (Å²) in [7, 11) is 0. The third-order valence-electron chi connectivity index (χ3n) is 3.98. The number of hydrogen-bond donors (Lipinski definition) is 1. The van der Waals surface area contributed by atoms with E-state index in [1.807, 2.05) is 10.9 Å². The molecule has 0 aliphatic carbocycles. The molecule has 3 aromatic heterocycles. The van der Waals surface area contributed by atoms with E-state index in [0.29, 0.717) is 5.65 Å². The van der Waals surface area contributed by atoms with Crippen molar-refractivity contribution < 1.29 is 0 Å². The molecule has 4 rings (SSSR count). The van der Waals surface area contributed by atoms with E-state index in [0.717, 1.165) is 26.9 Å². The number of aromatic nitrogens is 4. The van der Waals surface area contributed by atoms with E-state index in [-0.39, 0.29) is 10.9 Å². The lowest BCUT2D eigenvalue weighted by atomic mass is 10.0. The minimum atomic E-state index is -0.0869. The number of fused-ring (bicyclic) bond motifs is 2. The first-order chi connectivity index (χ1) is 11.6. The first kappa shape index (κ1) is 15.4. The van der Waals surface area contributed by atoms with Gasteiger partial charge in [-0.1, -0.05) is 23.5 Å². The molecule has 7 heteroatoms. The number of aromatic amines is 1. The fourth-order valence-electron chi connectivity index (χ4n) is 2.86. The average molecular weight is 356 g/mol. The van der Waals surface area contributed by atoms with Crippen molar-refractivity contribution in [2.45, 2.75) is 24.8 Å². The Balaban J connectivity index is 2.10. The van der Waals surface area contributed by atoms with Gasteiger partial charge in [0.15, 0.2) is 11.3 Å². The number of benzene rings is 1. The number of nitrogens with one attached hydrogen (secondary N) is 1. The molecule has 122 valence electrons. The van der Waals surface area contributed by atoms with Crippen molar-refractivity contribution >= 4 is 44.5 Å². The Morgan fingerprint density at radius 3 is 2.67 bits per heavy atom. The van der Waals surface area contributed by atoms with Crippen molar-refractivity contribution in [1.29, 1.82) is 0 Å². The lowest BCUT2D eigenvalue weighted by Gasteiger charge is -2.09. The molecule has 0 amide bonds. The average Bonchev–Trinajstić information content (AvgIpc) is 3.15. The van der Waals surface area contributed by atoms with E-state index < -0.39 is 0 Å². The second-order valence-corrected chi connectivity index (χ2v) is 7.69. The summed E-state index contributed by atoms with van der Waals surface area (Å²) in [5.74, 6) is 0. The number of hydrogen-bond acceptors (Lipinski definition) is 5. The van der Waals surface area contributed by atoms with Crippen LogP contribution in [0, 0.1) is 0 Å². The van der Waals surface area contributed by atoms with Crippen LogP contribution >= 0.6 is 23.1 Å². The Labute approximate surface area is 146 Å². The third kappa shape index (κ3) is 2.35. The Bertz CT molecular complexity index is 1090. The lowest BCUT2D eigenvalue weighted by Crippen LogP contribution is -2.03. The summed E-state index contributed by atoms with van der Waals surface area (Å²) < 4.78 is 2.78. The fourth-order valence-corrected chi connectivity index (χ4v) is 4.13. The number of nitrogens with zero attached hydrogens (tertiary/aromatic N) is 3. The van der Waals surface area contributed by atoms with Crippen molar-refractivity contribution in [2.24, 2.45) is 0 Å². The number of thiazole rings is 1. The maximum absolute atomic E-state index is 11.9. The van der Waals surface area contributed by atoms with Crippen LogP contribution < -0.4 is 4.87 Å². The predicted molar refractivity (Wildman–Crippen MR) is 101 cm³/mol. The van der Waals surface area contributed by atoms with Crippen LogP contribution in [0.2, 0.25) is 0 Å². The molecule has 5 nitrogen and oxygen atoms in total. The van der Waals surface area contributed by atoms with Gasteiger partial charge in [0.1, 0.15) is 0 Å². The first-order valence-corrected chi connectivity index (χ1v) is 9.67. The number of rotatable bonds is 3. The molecule has 0 aliphatic heterocycles. The van der Waals surface area contributed by atoms with Gasteiger partial charge in [-0.05, 0) is 37.8 Å². The van der Waals surface area contributed by atoms with Crippen molar-refractivity contribution in [3.05, 3.63) is 40.1 Å². The Hall–Kier alpha value is -2.12. The zero-order valence-electron chi connectivity index (χ0n) is 13.5. The minimum absolute atomic E-state index is 0.0869. The Kier molecular flexibility index (Phi) is 3.69. The fraction of sp³-hybridized carbons (Fsp3) is 0.235. The van der Waals surface area contributed by atoms with E-state index in [9.17, 15) is 4.79 Å². The topological polar surface area (TPSA) is 63.6 Å². The van der Waals surface area contributed by atoms with Gasteiger partial charge in [0.25, 0.3) is 0 Å². The van der Waals surface area contributed by atoms with Gasteiger partial charge in [0.2, 0.25) is 0 Å². The molecular weight excluding hydrogens is 340 g/mol. The molecule has 0 aliphatic rings. The standard InChI is InChI=1S/C17H16N4OS2/c1-9(2)21-16-12(8-18-21)13(10-4-6-11(23-3)7-5-10)14-15(19-16)20-17(22)24-14/h4-9H,1-3H3,(H,19,20,22). The minimum Gasteiger partial charge on any atom is -0.297 e. The van der Waals surface area contributed by atoms with Gasteiger partial charge in [0, 0.05) is 21.9 Å². The molecule has 0 atom stereocenters. The predicted octanol–water partition coefficient (Wildman–Crippen LogP) is 4.30. The van der Waals surface area contributed by atoms with Crippen molar-refractivity contribution in [1.82, 2.24) is 19.7 Å². The van der Waals surface area contributed by atoms with E-state index >= 15 is 0 Å². The summed E-state index contributed by atoms with van der Waals surface area (Å²) in [6, 6.07) is 8.58. The second kappa shape index (κ2) is 5.75. The van der Waals surface area contributed by atoms with Crippen LogP contribution in [-0.4, -0.2) is 26.0 Å². The maximum atomic E-state index is 11.9. The second-order valence-electron chi connectivity index (χ2n) is 5.83. The molecule has 3 heterocycles. The van der Waals surface area contributed by atoms with E-state index in [4.69, 9.17) is 0 Å². The van der Waals surface area contributed by atoms with Crippen LogP contribution in [0.4, 0.5) is 0 Å². The smallest absolute Gasteiger partial charge is 0.297 e. The summed E-state index contributed by atoms with van der Waals surface area (Å²) in [6.07, 6.45) is 3.91. The van der Waals surface area contributed by atoms with Crippen LogP contribution in [0.25, 0.3) is 32.5 Å². The van der Waals surface area contributed by atoms with Crippen molar-refractivity contribution in [2.75, 3.05) is 6.26 Å². The van der Waals surface area contributed by atoms with Gasteiger partial charge >= 0.3 is 4.87 Å². The highest BCUT2D eigenvalue weighted by Gasteiger charge is 2.18. The molecule has 1 N–H and O–H groups in total. The van der Waals surface area contributed by atoms with E-state index in [1.54, 1.807) is 11.8 Å². The van der Waals surface area contributed by atoms with Gasteiger partial charge < -0.3 is 0 Å². The summed E-state index contributed by atoms with van der Waals surface area (Å²) in [4.78, 5) is 20.5. The quantitative estimate of drug-likeness (QED) is 0.556. The molecule has 0 fully saturated rings. The highest BCUT2D eigenvalue weighted by molar-refractivity contribution is 7.98. The largest absolute Gasteiger partial charge is 0.306 e. The summed E-state index contributed by atoms with van der Waals surface area (Å²) in [6.45, 7) is 4.14. The summed E-state index contributed by atoms with van der Waals surface area (Å²) in [5, 5.41) is 5.48. The third-order valence-corrected chi connectivity index (χ3v) is 5.61.